The summed E-state index contributed by atoms with van der Waals surface area (Å²) in [5, 5.41) is 14.5. The number of amides is 1. The van der Waals surface area contributed by atoms with E-state index in [9.17, 15) is 9.59 Å². The number of aryl methyl sites for hydroxylation is 1. The average Bonchev–Trinajstić information content (AvgIpc) is 2.98. The Morgan fingerprint density at radius 3 is 2.84 bits per heavy atom. The molecule has 1 amide bonds. The van der Waals surface area contributed by atoms with Gasteiger partial charge in [0.15, 0.2) is 5.69 Å². The maximum absolute atomic E-state index is 11.7. The van der Waals surface area contributed by atoms with Gasteiger partial charge in [0, 0.05) is 18.3 Å². The van der Waals surface area contributed by atoms with Crippen LogP contribution in [0, 0.1) is 6.92 Å². The largest absolute Gasteiger partial charge is 0.476 e. The number of nitrogens with one attached hydrogen (secondary N) is 1. The van der Waals surface area contributed by atoms with Gasteiger partial charge in [0.1, 0.15) is 4.88 Å². The normalized spacial score (nSPS) is 10.4. The first-order valence-corrected chi connectivity index (χ1v) is 7.14. The molecule has 0 aromatic carbocycles. The van der Waals surface area contributed by atoms with Crippen LogP contribution in [-0.4, -0.2) is 33.5 Å². The van der Waals surface area contributed by atoms with Gasteiger partial charge in [-0.25, -0.2) is 14.8 Å². The molecule has 0 saturated carbocycles. The third-order valence-corrected chi connectivity index (χ3v) is 4.06. The zero-order valence-corrected chi connectivity index (χ0v) is 11.7. The van der Waals surface area contributed by atoms with Gasteiger partial charge in [0.2, 0.25) is 0 Å². The van der Waals surface area contributed by atoms with Crippen molar-refractivity contribution >= 4 is 34.6 Å². The summed E-state index contributed by atoms with van der Waals surface area (Å²) in [6, 6.07) is 0. The van der Waals surface area contributed by atoms with Gasteiger partial charge < -0.3 is 10.4 Å². The summed E-state index contributed by atoms with van der Waals surface area (Å²) < 4.78 is 0. The molecule has 0 aliphatic rings. The Morgan fingerprint density at radius 1 is 1.47 bits per heavy atom. The van der Waals surface area contributed by atoms with Crippen molar-refractivity contribution in [2.24, 2.45) is 0 Å². The van der Waals surface area contributed by atoms with Gasteiger partial charge >= 0.3 is 5.97 Å². The number of carboxylic acids is 1. The first-order valence-electron chi connectivity index (χ1n) is 5.44. The minimum Gasteiger partial charge on any atom is -0.476 e. The van der Waals surface area contributed by atoms with E-state index in [2.05, 4.69) is 15.3 Å². The van der Waals surface area contributed by atoms with Crippen LogP contribution in [0.1, 0.15) is 30.2 Å². The average molecular weight is 297 g/mol. The maximum atomic E-state index is 11.7. The Hall–Kier alpha value is -1.80. The number of carbonyl (C=O) groups is 2. The third kappa shape index (κ3) is 3.58. The number of thiazole rings is 2. The predicted octanol–water partition coefficient (Wildman–Crippen LogP) is 1.58. The predicted molar refractivity (Wildman–Crippen MR) is 72.0 cm³/mol. The molecule has 0 unspecified atom stereocenters. The smallest absolute Gasteiger partial charge is 0.355 e. The van der Waals surface area contributed by atoms with Gasteiger partial charge in [-0.1, -0.05) is 0 Å². The minimum absolute atomic E-state index is 0.0457. The molecule has 0 saturated heterocycles. The van der Waals surface area contributed by atoms with E-state index >= 15 is 0 Å². The van der Waals surface area contributed by atoms with Crippen molar-refractivity contribution in [3.63, 3.8) is 0 Å². The Balaban J connectivity index is 1.83. The van der Waals surface area contributed by atoms with Crippen LogP contribution < -0.4 is 5.32 Å². The lowest BCUT2D eigenvalue weighted by Gasteiger charge is -2.00. The number of carboxylic acid groups (broad SMARTS) is 1. The molecule has 0 bridgehead atoms. The van der Waals surface area contributed by atoms with E-state index in [0.717, 1.165) is 5.01 Å². The number of hydrogen-bond acceptors (Lipinski definition) is 6. The standard InChI is InChI=1S/C11H11N3O3S2/c1-6-13-4-8(19-6)10(15)12-3-2-9-14-7(5-18-9)11(16)17/h4-5H,2-3H2,1H3,(H,12,15)(H,16,17). The quantitative estimate of drug-likeness (QED) is 0.874. The molecule has 0 atom stereocenters. The van der Waals surface area contributed by atoms with Crippen LogP contribution >= 0.6 is 22.7 Å². The van der Waals surface area contributed by atoms with Crippen LogP contribution in [0.4, 0.5) is 0 Å². The van der Waals surface area contributed by atoms with E-state index in [1.54, 1.807) is 6.20 Å². The summed E-state index contributed by atoms with van der Waals surface area (Å²) in [5.74, 6) is -1.20. The molecule has 6 nitrogen and oxygen atoms in total. The Labute approximate surface area is 117 Å². The van der Waals surface area contributed by atoms with Gasteiger partial charge in [0.25, 0.3) is 5.91 Å². The van der Waals surface area contributed by atoms with Crippen molar-refractivity contribution in [1.82, 2.24) is 15.3 Å². The highest BCUT2D eigenvalue weighted by atomic mass is 32.1. The van der Waals surface area contributed by atoms with Crippen LogP contribution in [0.3, 0.4) is 0 Å². The van der Waals surface area contributed by atoms with Crippen LogP contribution in [0.2, 0.25) is 0 Å². The zero-order chi connectivity index (χ0) is 13.8. The number of aromatic nitrogens is 2. The molecule has 2 aromatic heterocycles. The molecule has 8 heteroatoms. The van der Waals surface area contributed by atoms with E-state index < -0.39 is 5.97 Å². The Kier molecular flexibility index (Phi) is 4.23. The molecule has 2 heterocycles. The lowest BCUT2D eigenvalue weighted by molar-refractivity contribution is 0.0690. The number of aromatic carboxylic acids is 1. The molecule has 100 valence electrons. The molecule has 2 rings (SSSR count). The van der Waals surface area contributed by atoms with Gasteiger partial charge in [0.05, 0.1) is 16.2 Å². The van der Waals surface area contributed by atoms with Gasteiger partial charge in [-0.15, -0.1) is 22.7 Å². The topological polar surface area (TPSA) is 92.2 Å². The monoisotopic (exact) mass is 297 g/mol. The van der Waals surface area contributed by atoms with Crippen LogP contribution in [0.5, 0.6) is 0 Å². The number of nitrogens with zero attached hydrogens (tertiary/aromatic N) is 2. The minimum atomic E-state index is -1.04. The van der Waals surface area contributed by atoms with Crippen molar-refractivity contribution in [1.29, 1.82) is 0 Å². The second-order valence-electron chi connectivity index (χ2n) is 3.68. The van der Waals surface area contributed by atoms with E-state index in [1.807, 2.05) is 6.92 Å². The highest BCUT2D eigenvalue weighted by Gasteiger charge is 2.10. The SMILES string of the molecule is Cc1ncc(C(=O)NCCc2nc(C(=O)O)cs2)s1. The van der Waals surface area contributed by atoms with Crippen molar-refractivity contribution in [2.75, 3.05) is 6.54 Å². The highest BCUT2D eigenvalue weighted by Crippen LogP contribution is 2.12. The zero-order valence-electron chi connectivity index (χ0n) is 10.0. The van der Waals surface area contributed by atoms with Crippen molar-refractivity contribution in [3.8, 4) is 0 Å². The van der Waals surface area contributed by atoms with E-state index in [1.165, 1.54) is 28.1 Å². The number of rotatable bonds is 5. The lowest BCUT2D eigenvalue weighted by atomic mass is 10.4. The van der Waals surface area contributed by atoms with Crippen LogP contribution in [0.25, 0.3) is 0 Å². The summed E-state index contributed by atoms with van der Waals surface area (Å²) in [4.78, 5) is 30.9. The molecule has 0 fully saturated rings. The molecule has 2 aromatic rings. The Morgan fingerprint density at radius 2 is 2.26 bits per heavy atom. The second-order valence-corrected chi connectivity index (χ2v) is 5.86. The van der Waals surface area contributed by atoms with Gasteiger partial charge in [-0.2, -0.15) is 0 Å². The molecule has 2 N–H and O–H groups in total. The third-order valence-electron chi connectivity index (χ3n) is 2.24. The molecule has 0 spiro atoms. The highest BCUT2D eigenvalue weighted by molar-refractivity contribution is 7.13. The fourth-order valence-corrected chi connectivity index (χ4v) is 2.83. The van der Waals surface area contributed by atoms with Crippen molar-refractivity contribution in [2.45, 2.75) is 13.3 Å². The van der Waals surface area contributed by atoms with Crippen molar-refractivity contribution in [3.05, 3.63) is 32.2 Å². The van der Waals surface area contributed by atoms with Gasteiger partial charge in [-0.05, 0) is 6.92 Å². The summed E-state index contributed by atoms with van der Waals surface area (Å²) >= 11 is 2.61. The lowest BCUT2D eigenvalue weighted by Crippen LogP contribution is -2.24. The maximum Gasteiger partial charge on any atom is 0.355 e. The van der Waals surface area contributed by atoms with Crippen LogP contribution in [0.15, 0.2) is 11.6 Å². The first kappa shape index (κ1) is 13.6. The van der Waals surface area contributed by atoms with E-state index in [4.69, 9.17) is 5.11 Å². The molecular weight excluding hydrogens is 286 g/mol. The summed E-state index contributed by atoms with van der Waals surface area (Å²) in [7, 11) is 0. The van der Waals surface area contributed by atoms with Gasteiger partial charge in [-0.3, -0.25) is 4.79 Å². The molecular formula is C11H11N3O3S2. The first-order chi connectivity index (χ1) is 9.06. The molecule has 0 radical (unpaired) electrons. The fourth-order valence-electron chi connectivity index (χ4n) is 1.36. The summed E-state index contributed by atoms with van der Waals surface area (Å²) in [6.45, 7) is 2.26. The Bertz CT molecular complexity index is 606. The molecule has 19 heavy (non-hydrogen) atoms. The number of carbonyl (C=O) groups excluding carboxylic acids is 1. The molecule has 0 aliphatic heterocycles. The van der Waals surface area contributed by atoms with Crippen molar-refractivity contribution < 1.29 is 14.7 Å². The van der Waals surface area contributed by atoms with E-state index in [-0.39, 0.29) is 11.6 Å². The summed E-state index contributed by atoms with van der Waals surface area (Å²) in [5.41, 5.74) is 0.0457. The molecule has 0 aliphatic carbocycles. The van der Waals surface area contributed by atoms with E-state index in [0.29, 0.717) is 22.9 Å². The number of hydrogen-bond donors (Lipinski definition) is 2. The fraction of sp³-hybridized carbons (Fsp3) is 0.273. The summed E-state index contributed by atoms with van der Waals surface area (Å²) in [6.07, 6.45) is 2.06. The second kappa shape index (κ2) is 5.89. The van der Waals surface area contributed by atoms with Crippen LogP contribution in [-0.2, 0) is 6.42 Å².